The predicted molar refractivity (Wildman–Crippen MR) is 104 cm³/mol. The fourth-order valence-corrected chi connectivity index (χ4v) is 3.53. The Morgan fingerprint density at radius 3 is 2.41 bits per heavy atom. The van der Waals surface area contributed by atoms with Gasteiger partial charge < -0.3 is 19.1 Å². The lowest BCUT2D eigenvalue weighted by atomic mass is 9.97. The van der Waals surface area contributed by atoms with Gasteiger partial charge in [-0.05, 0) is 52.2 Å². The van der Waals surface area contributed by atoms with Gasteiger partial charge in [-0.15, -0.1) is 0 Å². The minimum Gasteiger partial charge on any atom is -0.493 e. The molecule has 0 N–H and O–H groups in total. The SMILES string of the molecule is COc1cccc(/C=C/C(=O)O[C@H](C)C(=O)N2[C@H](C)CCC[C@@H]2C)c1OC. The number of para-hydroxylation sites is 1. The summed E-state index contributed by atoms with van der Waals surface area (Å²) in [6.07, 6.45) is 5.14. The molecule has 1 aliphatic heterocycles. The van der Waals surface area contributed by atoms with Crippen LogP contribution in [0, 0.1) is 0 Å². The maximum atomic E-state index is 12.7. The molecule has 0 aliphatic carbocycles. The number of benzene rings is 1. The van der Waals surface area contributed by atoms with Gasteiger partial charge in [0.1, 0.15) is 0 Å². The highest BCUT2D eigenvalue weighted by atomic mass is 16.5. The van der Waals surface area contributed by atoms with Crippen LogP contribution in [-0.4, -0.2) is 49.2 Å². The van der Waals surface area contributed by atoms with Crippen LogP contribution >= 0.6 is 0 Å². The summed E-state index contributed by atoms with van der Waals surface area (Å²) in [4.78, 5) is 26.7. The molecule has 0 saturated carbocycles. The number of likely N-dealkylation sites (tertiary alicyclic amines) is 1. The molecule has 0 unspecified atom stereocenters. The molecule has 0 bridgehead atoms. The minimum absolute atomic E-state index is 0.143. The average Bonchev–Trinajstić information content (AvgIpc) is 2.65. The van der Waals surface area contributed by atoms with E-state index < -0.39 is 12.1 Å². The first-order valence-corrected chi connectivity index (χ1v) is 9.30. The topological polar surface area (TPSA) is 65.1 Å². The van der Waals surface area contributed by atoms with Gasteiger partial charge in [0.05, 0.1) is 14.2 Å². The second-order valence-electron chi connectivity index (χ2n) is 6.87. The standard InChI is InChI=1S/C21H29NO5/c1-14-8-6-9-15(2)22(14)21(24)16(3)27-19(23)13-12-17-10-7-11-18(25-4)20(17)26-5/h7,10-16H,6,8-9H2,1-5H3/b13-12+/t14-,15+,16-/m1/s1. The predicted octanol–water partition coefficient (Wildman–Crippen LogP) is 3.44. The van der Waals surface area contributed by atoms with Crippen molar-refractivity contribution in [3.63, 3.8) is 0 Å². The fraction of sp³-hybridized carbons (Fsp3) is 0.524. The highest BCUT2D eigenvalue weighted by Crippen LogP contribution is 2.31. The van der Waals surface area contributed by atoms with Crippen molar-refractivity contribution in [1.82, 2.24) is 4.90 Å². The molecule has 1 fully saturated rings. The first-order valence-electron chi connectivity index (χ1n) is 9.30. The van der Waals surface area contributed by atoms with Gasteiger partial charge in [0.25, 0.3) is 5.91 Å². The molecule has 1 aliphatic rings. The van der Waals surface area contributed by atoms with Crippen LogP contribution in [-0.2, 0) is 14.3 Å². The number of carbonyl (C=O) groups excluding carboxylic acids is 2. The zero-order valence-corrected chi connectivity index (χ0v) is 16.7. The lowest BCUT2D eigenvalue weighted by molar-refractivity contribution is -0.158. The Balaban J connectivity index is 2.03. The minimum atomic E-state index is -0.822. The van der Waals surface area contributed by atoms with Crippen molar-refractivity contribution in [2.75, 3.05) is 14.2 Å². The van der Waals surface area contributed by atoms with E-state index in [0.29, 0.717) is 17.1 Å². The molecule has 1 aromatic rings. The molecular formula is C21H29NO5. The number of carbonyl (C=O) groups is 2. The molecule has 0 radical (unpaired) electrons. The van der Waals surface area contributed by atoms with E-state index >= 15 is 0 Å². The van der Waals surface area contributed by atoms with Gasteiger partial charge in [-0.2, -0.15) is 0 Å². The highest BCUT2D eigenvalue weighted by molar-refractivity contribution is 5.91. The third-order valence-electron chi connectivity index (χ3n) is 4.92. The highest BCUT2D eigenvalue weighted by Gasteiger charge is 2.32. The zero-order chi connectivity index (χ0) is 20.0. The summed E-state index contributed by atoms with van der Waals surface area (Å²) in [5.74, 6) is 0.391. The summed E-state index contributed by atoms with van der Waals surface area (Å²) in [6.45, 7) is 5.70. The molecule has 0 aromatic heterocycles. The number of hydrogen-bond acceptors (Lipinski definition) is 5. The molecular weight excluding hydrogens is 346 g/mol. The Bertz CT molecular complexity index is 690. The number of nitrogens with zero attached hydrogens (tertiary/aromatic N) is 1. The first kappa shape index (κ1) is 20.8. The third kappa shape index (κ3) is 5.02. The maximum Gasteiger partial charge on any atom is 0.331 e. The van der Waals surface area contributed by atoms with Crippen LogP contribution in [0.15, 0.2) is 24.3 Å². The number of esters is 1. The van der Waals surface area contributed by atoms with E-state index in [1.165, 1.54) is 13.2 Å². The van der Waals surface area contributed by atoms with E-state index in [1.54, 1.807) is 38.3 Å². The molecule has 1 saturated heterocycles. The molecule has 1 aromatic carbocycles. The van der Waals surface area contributed by atoms with Gasteiger partial charge in [0, 0.05) is 23.7 Å². The Hall–Kier alpha value is -2.50. The van der Waals surface area contributed by atoms with E-state index in [-0.39, 0.29) is 18.0 Å². The Morgan fingerprint density at radius 1 is 1.15 bits per heavy atom. The van der Waals surface area contributed by atoms with Crippen LogP contribution in [0.2, 0.25) is 0 Å². The molecule has 6 nitrogen and oxygen atoms in total. The van der Waals surface area contributed by atoms with Crippen molar-refractivity contribution in [3.05, 3.63) is 29.8 Å². The number of amides is 1. The van der Waals surface area contributed by atoms with E-state index in [4.69, 9.17) is 14.2 Å². The summed E-state index contributed by atoms with van der Waals surface area (Å²) in [5.41, 5.74) is 0.686. The van der Waals surface area contributed by atoms with Gasteiger partial charge in [-0.1, -0.05) is 12.1 Å². The van der Waals surface area contributed by atoms with Crippen molar-refractivity contribution in [2.24, 2.45) is 0 Å². The van der Waals surface area contributed by atoms with Crippen LogP contribution in [0.5, 0.6) is 11.5 Å². The summed E-state index contributed by atoms with van der Waals surface area (Å²) in [5, 5.41) is 0. The summed E-state index contributed by atoms with van der Waals surface area (Å²) < 4.78 is 15.9. The number of piperidine rings is 1. The number of methoxy groups -OCH3 is 2. The molecule has 27 heavy (non-hydrogen) atoms. The molecule has 3 atom stereocenters. The Kier molecular flexibility index (Phi) is 7.28. The lowest BCUT2D eigenvalue weighted by Crippen LogP contribution is -2.51. The van der Waals surface area contributed by atoms with E-state index in [1.807, 2.05) is 18.7 Å². The monoisotopic (exact) mass is 375 g/mol. The maximum absolute atomic E-state index is 12.7. The largest absolute Gasteiger partial charge is 0.493 e. The van der Waals surface area contributed by atoms with Crippen molar-refractivity contribution in [2.45, 2.75) is 58.2 Å². The van der Waals surface area contributed by atoms with Crippen LogP contribution in [0.25, 0.3) is 6.08 Å². The fourth-order valence-electron chi connectivity index (χ4n) is 3.53. The number of rotatable bonds is 6. The molecule has 1 heterocycles. The molecule has 0 spiro atoms. The van der Waals surface area contributed by atoms with Gasteiger partial charge in [0.2, 0.25) is 0 Å². The van der Waals surface area contributed by atoms with Crippen LogP contribution in [0.4, 0.5) is 0 Å². The number of hydrogen-bond donors (Lipinski definition) is 0. The lowest BCUT2D eigenvalue weighted by Gasteiger charge is -2.40. The summed E-state index contributed by atoms with van der Waals surface area (Å²) in [6, 6.07) is 5.71. The van der Waals surface area contributed by atoms with Gasteiger partial charge in [0.15, 0.2) is 17.6 Å². The van der Waals surface area contributed by atoms with E-state index in [0.717, 1.165) is 19.3 Å². The summed E-state index contributed by atoms with van der Waals surface area (Å²) in [7, 11) is 3.09. The van der Waals surface area contributed by atoms with E-state index in [9.17, 15) is 9.59 Å². The summed E-state index contributed by atoms with van der Waals surface area (Å²) >= 11 is 0. The van der Waals surface area contributed by atoms with Gasteiger partial charge in [-0.3, -0.25) is 4.79 Å². The Labute approximate surface area is 161 Å². The average molecular weight is 375 g/mol. The van der Waals surface area contributed by atoms with Crippen molar-refractivity contribution in [1.29, 1.82) is 0 Å². The quantitative estimate of drug-likeness (QED) is 0.563. The Morgan fingerprint density at radius 2 is 1.81 bits per heavy atom. The van der Waals surface area contributed by atoms with Crippen LogP contribution in [0.3, 0.4) is 0 Å². The van der Waals surface area contributed by atoms with Crippen molar-refractivity contribution in [3.8, 4) is 11.5 Å². The normalized spacial score (nSPS) is 21.0. The van der Waals surface area contributed by atoms with Crippen LogP contribution in [0.1, 0.15) is 45.6 Å². The third-order valence-corrected chi connectivity index (χ3v) is 4.92. The second-order valence-corrected chi connectivity index (χ2v) is 6.87. The molecule has 2 rings (SSSR count). The number of ether oxygens (including phenoxy) is 3. The molecule has 148 valence electrons. The van der Waals surface area contributed by atoms with Crippen molar-refractivity contribution >= 4 is 18.0 Å². The molecule has 1 amide bonds. The smallest absolute Gasteiger partial charge is 0.331 e. The van der Waals surface area contributed by atoms with Gasteiger partial charge >= 0.3 is 5.97 Å². The van der Waals surface area contributed by atoms with Crippen molar-refractivity contribution < 1.29 is 23.8 Å². The van der Waals surface area contributed by atoms with E-state index in [2.05, 4.69) is 0 Å². The second kappa shape index (κ2) is 9.44. The first-order chi connectivity index (χ1) is 12.9. The van der Waals surface area contributed by atoms with Gasteiger partial charge in [-0.25, -0.2) is 4.79 Å². The van der Waals surface area contributed by atoms with Crippen LogP contribution < -0.4 is 9.47 Å². The zero-order valence-electron chi connectivity index (χ0n) is 16.7. The molecule has 6 heteroatoms.